The Morgan fingerprint density at radius 1 is 1.53 bits per heavy atom. The minimum atomic E-state index is -0.308. The number of nitrogens with zero attached hydrogens (tertiary/aromatic N) is 2. The largest absolute Gasteiger partial charge is 0.325 e. The van der Waals surface area contributed by atoms with Crippen molar-refractivity contribution >= 4 is 22.9 Å². The van der Waals surface area contributed by atoms with Crippen molar-refractivity contribution in [1.29, 1.82) is 0 Å². The molecule has 0 unspecified atom stereocenters. The van der Waals surface area contributed by atoms with Crippen LogP contribution in [0.1, 0.15) is 22.4 Å². The summed E-state index contributed by atoms with van der Waals surface area (Å²) in [5, 5.41) is 5.07. The molecule has 0 aliphatic heterocycles. The Bertz CT molecular complexity index is 647. The fraction of sp³-hybridized carbons (Fsp3) is 0.250. The average Bonchev–Trinajstić information content (AvgIpc) is 2.90. The van der Waals surface area contributed by atoms with Crippen molar-refractivity contribution in [3.05, 3.63) is 44.8 Å². The van der Waals surface area contributed by atoms with Gasteiger partial charge in [0.1, 0.15) is 10.7 Å². The molecule has 2 aromatic rings. The Labute approximate surface area is 113 Å². The average molecular weight is 278 g/mol. The highest BCUT2D eigenvalue weighted by Crippen LogP contribution is 2.11. The lowest BCUT2D eigenvalue weighted by atomic mass is 10.3. The molecule has 2 heterocycles. The molecule has 1 amide bonds. The standard InChI is InChI=1S/C12H14N4O2S/c1-2-16-6-8(3-4-11(16)17)14-12(18)9-7-19-10(5-13)15-9/h3-4,6-7H,2,5,13H2,1H3,(H,14,18). The first kappa shape index (κ1) is 13.4. The monoisotopic (exact) mass is 278 g/mol. The molecule has 0 aliphatic carbocycles. The molecule has 0 saturated heterocycles. The van der Waals surface area contributed by atoms with Crippen molar-refractivity contribution in [1.82, 2.24) is 9.55 Å². The number of amides is 1. The Hall–Kier alpha value is -1.99. The van der Waals surface area contributed by atoms with Crippen LogP contribution in [0.15, 0.2) is 28.5 Å². The van der Waals surface area contributed by atoms with Gasteiger partial charge in [0.05, 0.1) is 5.69 Å². The van der Waals surface area contributed by atoms with Gasteiger partial charge in [0.15, 0.2) is 0 Å². The summed E-state index contributed by atoms with van der Waals surface area (Å²) in [5.41, 5.74) is 6.25. The molecule has 2 rings (SSSR count). The number of pyridine rings is 1. The lowest BCUT2D eigenvalue weighted by Gasteiger charge is -2.06. The summed E-state index contributed by atoms with van der Waals surface area (Å²) in [7, 11) is 0. The molecule has 2 aromatic heterocycles. The molecule has 0 aromatic carbocycles. The lowest BCUT2D eigenvalue weighted by molar-refractivity contribution is 0.102. The smallest absolute Gasteiger partial charge is 0.275 e. The van der Waals surface area contributed by atoms with Crippen LogP contribution in [-0.2, 0) is 13.1 Å². The number of carbonyl (C=O) groups is 1. The number of hydrogen-bond acceptors (Lipinski definition) is 5. The third kappa shape index (κ3) is 3.07. The van der Waals surface area contributed by atoms with E-state index in [1.165, 1.54) is 22.0 Å². The van der Waals surface area contributed by atoms with E-state index < -0.39 is 0 Å². The van der Waals surface area contributed by atoms with Gasteiger partial charge in [-0.15, -0.1) is 11.3 Å². The van der Waals surface area contributed by atoms with E-state index in [4.69, 9.17) is 5.73 Å². The molecule has 7 heteroatoms. The van der Waals surface area contributed by atoms with E-state index in [0.29, 0.717) is 29.5 Å². The Morgan fingerprint density at radius 3 is 2.95 bits per heavy atom. The van der Waals surface area contributed by atoms with Crippen LogP contribution >= 0.6 is 11.3 Å². The third-order valence-corrected chi connectivity index (χ3v) is 3.41. The summed E-state index contributed by atoms with van der Waals surface area (Å²) in [5.74, 6) is -0.308. The Balaban J connectivity index is 2.16. The third-order valence-electron chi connectivity index (χ3n) is 2.54. The molecule has 0 aliphatic rings. The SMILES string of the molecule is CCn1cc(NC(=O)c2csc(CN)n2)ccc1=O. The van der Waals surface area contributed by atoms with Crippen LogP contribution in [0.4, 0.5) is 5.69 Å². The second-order valence-electron chi connectivity index (χ2n) is 3.83. The van der Waals surface area contributed by atoms with Gasteiger partial charge in [0.2, 0.25) is 0 Å². The number of aromatic nitrogens is 2. The maximum Gasteiger partial charge on any atom is 0.275 e. The summed E-state index contributed by atoms with van der Waals surface area (Å²) in [6, 6.07) is 2.99. The molecule has 0 fully saturated rings. The number of rotatable bonds is 4. The highest BCUT2D eigenvalue weighted by Gasteiger charge is 2.10. The topological polar surface area (TPSA) is 90.0 Å². The number of hydrogen-bond donors (Lipinski definition) is 2. The van der Waals surface area contributed by atoms with Crippen LogP contribution < -0.4 is 16.6 Å². The highest BCUT2D eigenvalue weighted by atomic mass is 32.1. The van der Waals surface area contributed by atoms with Crippen molar-refractivity contribution in [3.63, 3.8) is 0 Å². The van der Waals surface area contributed by atoms with Crippen molar-refractivity contribution < 1.29 is 4.79 Å². The van der Waals surface area contributed by atoms with E-state index in [1.54, 1.807) is 17.6 Å². The molecule has 100 valence electrons. The van der Waals surface area contributed by atoms with Crippen molar-refractivity contribution in [2.45, 2.75) is 20.0 Å². The minimum absolute atomic E-state index is 0.0976. The van der Waals surface area contributed by atoms with Crippen LogP contribution in [0.25, 0.3) is 0 Å². The fourth-order valence-corrected chi connectivity index (χ4v) is 2.21. The zero-order valence-electron chi connectivity index (χ0n) is 10.4. The highest BCUT2D eigenvalue weighted by molar-refractivity contribution is 7.09. The number of nitrogens with two attached hydrogens (primary N) is 1. The van der Waals surface area contributed by atoms with Crippen LogP contribution in [0.3, 0.4) is 0 Å². The second-order valence-corrected chi connectivity index (χ2v) is 4.77. The van der Waals surface area contributed by atoms with E-state index in [0.717, 1.165) is 0 Å². The molecular formula is C12H14N4O2S. The van der Waals surface area contributed by atoms with Gasteiger partial charge in [-0.05, 0) is 13.0 Å². The van der Waals surface area contributed by atoms with Gasteiger partial charge in [0, 0.05) is 30.7 Å². The quantitative estimate of drug-likeness (QED) is 0.874. The van der Waals surface area contributed by atoms with E-state index in [-0.39, 0.29) is 11.5 Å². The van der Waals surface area contributed by atoms with Gasteiger partial charge in [-0.2, -0.15) is 0 Å². The summed E-state index contributed by atoms with van der Waals surface area (Å²) < 4.78 is 1.52. The summed E-state index contributed by atoms with van der Waals surface area (Å²) in [6.07, 6.45) is 1.61. The zero-order valence-corrected chi connectivity index (χ0v) is 11.2. The van der Waals surface area contributed by atoms with Crippen LogP contribution in [-0.4, -0.2) is 15.5 Å². The van der Waals surface area contributed by atoms with Crippen molar-refractivity contribution in [2.75, 3.05) is 5.32 Å². The van der Waals surface area contributed by atoms with Gasteiger partial charge in [-0.25, -0.2) is 4.98 Å². The zero-order chi connectivity index (χ0) is 13.8. The molecule has 0 spiro atoms. The Morgan fingerprint density at radius 2 is 2.32 bits per heavy atom. The lowest BCUT2D eigenvalue weighted by Crippen LogP contribution is -2.20. The van der Waals surface area contributed by atoms with Crippen molar-refractivity contribution in [2.24, 2.45) is 5.73 Å². The second kappa shape index (κ2) is 5.77. The van der Waals surface area contributed by atoms with Gasteiger partial charge >= 0.3 is 0 Å². The number of aryl methyl sites for hydroxylation is 1. The summed E-state index contributed by atoms with van der Waals surface area (Å²) >= 11 is 1.35. The number of anilines is 1. The van der Waals surface area contributed by atoms with Crippen LogP contribution in [0, 0.1) is 0 Å². The van der Waals surface area contributed by atoms with E-state index in [9.17, 15) is 9.59 Å². The van der Waals surface area contributed by atoms with Crippen molar-refractivity contribution in [3.8, 4) is 0 Å². The molecule has 19 heavy (non-hydrogen) atoms. The van der Waals surface area contributed by atoms with E-state index >= 15 is 0 Å². The Kier molecular flexibility index (Phi) is 4.08. The van der Waals surface area contributed by atoms with Crippen LogP contribution in [0.2, 0.25) is 0 Å². The van der Waals surface area contributed by atoms with Crippen LogP contribution in [0.5, 0.6) is 0 Å². The number of nitrogens with one attached hydrogen (secondary N) is 1. The summed E-state index contributed by atoms with van der Waals surface area (Å²) in [6.45, 7) is 2.73. The molecule has 0 bridgehead atoms. The van der Waals surface area contributed by atoms with E-state index in [1.807, 2.05) is 6.92 Å². The predicted molar refractivity (Wildman–Crippen MR) is 74.3 cm³/mol. The molecule has 0 saturated carbocycles. The number of carbonyl (C=O) groups excluding carboxylic acids is 1. The summed E-state index contributed by atoms with van der Waals surface area (Å²) in [4.78, 5) is 27.5. The minimum Gasteiger partial charge on any atom is -0.325 e. The molecule has 0 radical (unpaired) electrons. The first-order valence-corrected chi connectivity index (χ1v) is 6.68. The van der Waals surface area contributed by atoms with Gasteiger partial charge in [0.25, 0.3) is 11.5 Å². The predicted octanol–water partition coefficient (Wildman–Crippen LogP) is 1.04. The van der Waals surface area contributed by atoms with Gasteiger partial charge in [-0.1, -0.05) is 0 Å². The molecule has 0 atom stereocenters. The maximum absolute atomic E-state index is 11.9. The fourth-order valence-electron chi connectivity index (χ4n) is 1.56. The molecule has 3 N–H and O–H groups in total. The van der Waals surface area contributed by atoms with E-state index in [2.05, 4.69) is 10.3 Å². The maximum atomic E-state index is 11.9. The number of thiazole rings is 1. The molecule has 6 nitrogen and oxygen atoms in total. The molecular weight excluding hydrogens is 264 g/mol. The van der Waals surface area contributed by atoms with Gasteiger partial charge < -0.3 is 15.6 Å². The first-order chi connectivity index (χ1) is 9.13. The van der Waals surface area contributed by atoms with Gasteiger partial charge in [-0.3, -0.25) is 9.59 Å². The normalized spacial score (nSPS) is 10.4. The first-order valence-electron chi connectivity index (χ1n) is 5.80.